The summed E-state index contributed by atoms with van der Waals surface area (Å²) >= 11 is 5.95. The summed E-state index contributed by atoms with van der Waals surface area (Å²) in [4.78, 5) is 11.4. The van der Waals surface area contributed by atoms with Crippen molar-refractivity contribution < 1.29 is 18.0 Å². The number of halogens is 4. The predicted molar refractivity (Wildman–Crippen MR) is 66.9 cm³/mol. The van der Waals surface area contributed by atoms with Gasteiger partial charge in [0, 0.05) is 5.02 Å². The van der Waals surface area contributed by atoms with Crippen LogP contribution in [0.2, 0.25) is 5.02 Å². The average Bonchev–Trinajstić information content (AvgIpc) is 2.27. The Kier molecular flexibility index (Phi) is 5.62. The maximum absolute atomic E-state index is 11.9. The van der Waals surface area contributed by atoms with Crippen molar-refractivity contribution in [3.05, 3.63) is 34.9 Å². The van der Waals surface area contributed by atoms with Gasteiger partial charge in [-0.05, 0) is 18.6 Å². The number of carbonyl (C=O) groups excluding carboxylic acids is 1. The Morgan fingerprint density at radius 2 is 2.00 bits per heavy atom. The van der Waals surface area contributed by atoms with Crippen molar-refractivity contribution in [1.82, 2.24) is 10.6 Å². The van der Waals surface area contributed by atoms with Crippen molar-refractivity contribution in [3.8, 4) is 0 Å². The van der Waals surface area contributed by atoms with Gasteiger partial charge in [0.15, 0.2) is 0 Å². The highest BCUT2D eigenvalue weighted by molar-refractivity contribution is 6.31. The lowest BCUT2D eigenvalue weighted by Crippen LogP contribution is -2.39. The zero-order valence-corrected chi connectivity index (χ0v) is 11.0. The molecule has 0 aliphatic heterocycles. The van der Waals surface area contributed by atoms with E-state index >= 15 is 0 Å². The third kappa shape index (κ3) is 5.94. The van der Waals surface area contributed by atoms with Gasteiger partial charge in [-0.2, -0.15) is 13.2 Å². The second kappa shape index (κ2) is 6.77. The molecule has 0 spiro atoms. The number of benzene rings is 1. The molecule has 19 heavy (non-hydrogen) atoms. The van der Waals surface area contributed by atoms with Gasteiger partial charge in [0.2, 0.25) is 5.91 Å². The Labute approximate surface area is 114 Å². The van der Waals surface area contributed by atoms with E-state index in [0.717, 1.165) is 0 Å². The fraction of sp³-hybridized carbons (Fsp3) is 0.417. The molecule has 0 heterocycles. The number of alkyl halides is 3. The Hall–Kier alpha value is -1.27. The summed E-state index contributed by atoms with van der Waals surface area (Å²) in [6, 6.07) is 6.59. The van der Waals surface area contributed by atoms with E-state index in [9.17, 15) is 18.0 Å². The van der Waals surface area contributed by atoms with E-state index in [-0.39, 0.29) is 6.04 Å². The monoisotopic (exact) mass is 294 g/mol. The van der Waals surface area contributed by atoms with Crippen LogP contribution < -0.4 is 10.6 Å². The third-order valence-electron chi connectivity index (χ3n) is 2.36. The molecule has 2 N–H and O–H groups in total. The number of amides is 1. The average molecular weight is 295 g/mol. The van der Waals surface area contributed by atoms with Gasteiger partial charge in [-0.1, -0.05) is 29.8 Å². The smallest absolute Gasteiger partial charge is 0.348 e. The molecule has 3 nitrogen and oxygen atoms in total. The molecule has 0 aromatic heterocycles. The summed E-state index contributed by atoms with van der Waals surface area (Å²) in [5.74, 6) is -0.517. The van der Waals surface area contributed by atoms with E-state index in [1.165, 1.54) is 0 Å². The lowest BCUT2D eigenvalue weighted by atomic mass is 10.1. The van der Waals surface area contributed by atoms with Crippen LogP contribution in [-0.4, -0.2) is 25.2 Å². The molecule has 0 saturated carbocycles. The normalized spacial score (nSPS) is 13.1. The van der Waals surface area contributed by atoms with Crippen LogP contribution in [0.1, 0.15) is 18.5 Å². The lowest BCUT2D eigenvalue weighted by molar-refractivity contribution is -0.128. The molecule has 1 aromatic carbocycles. The van der Waals surface area contributed by atoms with E-state index in [1.54, 1.807) is 31.2 Å². The number of rotatable bonds is 5. The number of hydrogen-bond donors (Lipinski definition) is 2. The molecular weight excluding hydrogens is 281 g/mol. The summed E-state index contributed by atoms with van der Waals surface area (Å²) in [7, 11) is 0. The van der Waals surface area contributed by atoms with Crippen molar-refractivity contribution in [3.63, 3.8) is 0 Å². The van der Waals surface area contributed by atoms with Crippen LogP contribution in [0.3, 0.4) is 0 Å². The van der Waals surface area contributed by atoms with Gasteiger partial charge in [0.05, 0.1) is 19.1 Å². The maximum atomic E-state index is 11.9. The highest BCUT2D eigenvalue weighted by Gasteiger charge is 2.26. The van der Waals surface area contributed by atoms with Gasteiger partial charge < -0.3 is 10.6 Å². The van der Waals surface area contributed by atoms with Crippen LogP contribution in [0.4, 0.5) is 13.2 Å². The Balaban J connectivity index is 2.43. The van der Waals surface area contributed by atoms with E-state index in [2.05, 4.69) is 5.32 Å². The summed E-state index contributed by atoms with van der Waals surface area (Å²) in [6.45, 7) is 0.123. The van der Waals surface area contributed by atoms with Crippen molar-refractivity contribution in [1.29, 1.82) is 0 Å². The fourth-order valence-electron chi connectivity index (χ4n) is 1.51. The second-order valence-corrected chi connectivity index (χ2v) is 4.44. The molecule has 0 bridgehead atoms. The summed E-state index contributed by atoms with van der Waals surface area (Å²) in [5.41, 5.74) is 0.716. The standard InChI is InChI=1S/C12H14ClF3N2O/c1-8(9-4-2-3-5-10(9)13)18-11(19)6-17-7-12(14,15)16/h2-5,8,17H,6-7H2,1H3,(H,18,19)/t8-/m1/s1. The minimum atomic E-state index is -4.32. The molecule has 1 aromatic rings. The van der Waals surface area contributed by atoms with Gasteiger partial charge in [-0.3, -0.25) is 4.79 Å². The molecular formula is C12H14ClF3N2O. The minimum absolute atomic E-state index is 0.367. The zero-order chi connectivity index (χ0) is 14.5. The van der Waals surface area contributed by atoms with Gasteiger partial charge in [-0.25, -0.2) is 0 Å². The first-order chi connectivity index (χ1) is 8.79. The van der Waals surface area contributed by atoms with Crippen LogP contribution in [0.5, 0.6) is 0 Å². The van der Waals surface area contributed by atoms with Crippen LogP contribution >= 0.6 is 11.6 Å². The van der Waals surface area contributed by atoms with Crippen molar-refractivity contribution in [2.24, 2.45) is 0 Å². The number of hydrogen-bond acceptors (Lipinski definition) is 2. The molecule has 7 heteroatoms. The quantitative estimate of drug-likeness (QED) is 0.876. The second-order valence-electron chi connectivity index (χ2n) is 4.03. The van der Waals surface area contributed by atoms with Crippen LogP contribution in [0, 0.1) is 0 Å². The largest absolute Gasteiger partial charge is 0.401 e. The Bertz CT molecular complexity index is 437. The summed E-state index contributed by atoms with van der Waals surface area (Å²) < 4.78 is 35.6. The van der Waals surface area contributed by atoms with Crippen LogP contribution in [0.25, 0.3) is 0 Å². The number of nitrogens with one attached hydrogen (secondary N) is 2. The van der Waals surface area contributed by atoms with Gasteiger partial charge in [0.25, 0.3) is 0 Å². The maximum Gasteiger partial charge on any atom is 0.401 e. The molecule has 0 unspecified atom stereocenters. The van der Waals surface area contributed by atoms with E-state index < -0.39 is 25.2 Å². The van der Waals surface area contributed by atoms with E-state index in [1.807, 2.05) is 5.32 Å². The van der Waals surface area contributed by atoms with Crippen molar-refractivity contribution in [2.45, 2.75) is 19.1 Å². The van der Waals surface area contributed by atoms with Crippen LogP contribution in [-0.2, 0) is 4.79 Å². The van der Waals surface area contributed by atoms with Gasteiger partial charge in [0.1, 0.15) is 0 Å². The van der Waals surface area contributed by atoms with E-state index in [4.69, 9.17) is 11.6 Å². The lowest BCUT2D eigenvalue weighted by Gasteiger charge is -2.16. The molecule has 1 rings (SSSR count). The molecule has 0 aliphatic rings. The minimum Gasteiger partial charge on any atom is -0.348 e. The predicted octanol–water partition coefficient (Wildman–Crippen LogP) is 2.67. The first-order valence-electron chi connectivity index (χ1n) is 5.61. The third-order valence-corrected chi connectivity index (χ3v) is 2.70. The SMILES string of the molecule is C[C@@H](NC(=O)CNCC(F)(F)F)c1ccccc1Cl. The van der Waals surface area contributed by atoms with Gasteiger partial charge >= 0.3 is 6.18 Å². The highest BCUT2D eigenvalue weighted by atomic mass is 35.5. The summed E-state index contributed by atoms with van der Waals surface area (Å²) in [6.07, 6.45) is -4.32. The molecule has 106 valence electrons. The van der Waals surface area contributed by atoms with E-state index in [0.29, 0.717) is 10.6 Å². The zero-order valence-electron chi connectivity index (χ0n) is 10.2. The first-order valence-corrected chi connectivity index (χ1v) is 5.98. The van der Waals surface area contributed by atoms with Gasteiger partial charge in [-0.15, -0.1) is 0 Å². The molecule has 0 saturated heterocycles. The molecule has 0 fully saturated rings. The topological polar surface area (TPSA) is 41.1 Å². The van der Waals surface area contributed by atoms with Crippen molar-refractivity contribution in [2.75, 3.05) is 13.1 Å². The van der Waals surface area contributed by atoms with Crippen molar-refractivity contribution >= 4 is 17.5 Å². The fourth-order valence-corrected chi connectivity index (χ4v) is 1.81. The highest BCUT2D eigenvalue weighted by Crippen LogP contribution is 2.21. The molecule has 0 aliphatic carbocycles. The molecule has 0 radical (unpaired) electrons. The van der Waals surface area contributed by atoms with Crippen LogP contribution in [0.15, 0.2) is 24.3 Å². The summed E-state index contributed by atoms with van der Waals surface area (Å²) in [5, 5.41) is 5.10. The molecule has 1 atom stereocenters. The molecule has 1 amide bonds. The Morgan fingerprint density at radius 1 is 1.37 bits per heavy atom. The first kappa shape index (κ1) is 15.8. The number of carbonyl (C=O) groups is 1. The Morgan fingerprint density at radius 3 is 2.58 bits per heavy atom.